The highest BCUT2D eigenvalue weighted by atomic mass is 19.4. The number of halogens is 3. The Morgan fingerprint density at radius 3 is 2.71 bits per heavy atom. The lowest BCUT2D eigenvalue weighted by atomic mass is 9.80. The van der Waals surface area contributed by atoms with E-state index in [9.17, 15) is 17.7 Å². The van der Waals surface area contributed by atoms with Crippen molar-refractivity contribution < 1.29 is 12.9 Å². The van der Waals surface area contributed by atoms with E-state index in [1.807, 2.05) is 0 Å². The van der Waals surface area contributed by atoms with Gasteiger partial charge in [0.05, 0.1) is 0 Å². The summed E-state index contributed by atoms with van der Waals surface area (Å²) in [7, 11) is 0. The molecule has 0 bridgehead atoms. The maximum atomic E-state index is 12.3. The van der Waals surface area contributed by atoms with Gasteiger partial charge in [0.2, 0.25) is 0 Å². The molecule has 0 fully saturated rings. The van der Waals surface area contributed by atoms with Gasteiger partial charge in [-0.2, -0.15) is 0 Å². The van der Waals surface area contributed by atoms with Gasteiger partial charge >= 0.3 is 12.7 Å². The quantitative estimate of drug-likeness (QED) is 0.764. The molecule has 2 heterocycles. The minimum absolute atomic E-state index is 0.306. The van der Waals surface area contributed by atoms with Gasteiger partial charge in [-0.15, -0.1) is 17.2 Å². The van der Waals surface area contributed by atoms with Crippen LogP contribution < -0.4 is 5.69 Å². The molecule has 0 aliphatic rings. The van der Waals surface area contributed by atoms with E-state index in [1.54, 1.807) is 18.2 Å². The molecule has 90 valence electrons. The average Bonchev–Trinajstić information content (AvgIpc) is 2.55. The summed E-state index contributed by atoms with van der Waals surface area (Å²) >= 11 is 0. The minimum Gasteiger partial charge on any atom is -0.445 e. The van der Waals surface area contributed by atoms with E-state index in [2.05, 4.69) is 11.7 Å². The molecule has 0 amide bonds. The lowest BCUT2D eigenvalue weighted by Crippen LogP contribution is -2.28. The molecule has 0 aliphatic heterocycles. The van der Waals surface area contributed by atoms with Gasteiger partial charge in [-0.1, -0.05) is 6.07 Å². The number of hydrogen-bond acceptors (Lipinski definition) is 2. The molecule has 0 saturated heterocycles. The van der Waals surface area contributed by atoms with Crippen molar-refractivity contribution in [3.05, 3.63) is 46.9 Å². The van der Waals surface area contributed by atoms with E-state index >= 15 is 0 Å². The first kappa shape index (κ1) is 11.5. The van der Waals surface area contributed by atoms with Crippen molar-refractivity contribution in [3.8, 4) is 0 Å². The lowest BCUT2D eigenvalue weighted by Gasteiger charge is -2.16. The van der Waals surface area contributed by atoms with Crippen LogP contribution >= 0.6 is 0 Å². The predicted molar refractivity (Wildman–Crippen MR) is 57.7 cm³/mol. The lowest BCUT2D eigenvalue weighted by molar-refractivity contribution is 0.478. The second-order valence-electron chi connectivity index (χ2n) is 3.60. The number of allylic oxidation sites excluding steroid dienone is 1. The molecule has 0 saturated carbocycles. The molecule has 0 atom stereocenters. The van der Waals surface area contributed by atoms with E-state index < -0.39 is 24.7 Å². The summed E-state index contributed by atoms with van der Waals surface area (Å²) in [6, 6.07) is 4.79. The number of hydrogen-bond donors (Lipinski definition) is 0. The first-order chi connectivity index (χ1) is 7.89. The molecule has 4 nitrogen and oxygen atoms in total. The maximum Gasteiger partial charge on any atom is 0.506 e. The molecular weight excluding hydrogens is 234 g/mol. The predicted octanol–water partition coefficient (Wildman–Crippen LogP) is 1.44. The molecular formula is C9H8BF3N3O-. The molecule has 8 heteroatoms. The van der Waals surface area contributed by atoms with Crippen molar-refractivity contribution in [1.29, 1.82) is 0 Å². The molecule has 0 N–H and O–H groups in total. The Labute approximate surface area is 94.0 Å². The Bertz CT molecular complexity index is 628. The molecule has 0 unspecified atom stereocenters. The zero-order valence-corrected chi connectivity index (χ0v) is 8.68. The Morgan fingerprint density at radius 2 is 2.12 bits per heavy atom. The average molecular weight is 242 g/mol. The first-order valence-electron chi connectivity index (χ1n) is 4.81. The molecule has 2 aromatic rings. The van der Waals surface area contributed by atoms with Crippen molar-refractivity contribution >= 4 is 12.6 Å². The van der Waals surface area contributed by atoms with Crippen LogP contribution in [0.2, 0.25) is 0 Å². The number of nitrogens with zero attached hydrogens (tertiary/aromatic N) is 3. The highest BCUT2D eigenvalue weighted by molar-refractivity contribution is 6.66. The van der Waals surface area contributed by atoms with Gasteiger partial charge in [-0.25, -0.2) is 9.48 Å². The zero-order valence-electron chi connectivity index (χ0n) is 8.68. The monoisotopic (exact) mass is 242 g/mol. The summed E-state index contributed by atoms with van der Waals surface area (Å²) in [5.74, 6) is 0. The standard InChI is InChI=1S/C9H8BF3N3O/c1-7(10(11,12)13)6-16-9(17)15-5-3-2-4-8(15)14-16/h2-5H,1,6H2/q-1. The molecule has 2 rings (SSSR count). The van der Waals surface area contributed by atoms with E-state index in [4.69, 9.17) is 0 Å². The second kappa shape index (κ2) is 3.79. The number of rotatable bonds is 3. The molecule has 0 radical (unpaired) electrons. The number of pyridine rings is 1. The molecule has 0 aliphatic carbocycles. The van der Waals surface area contributed by atoms with Crippen LogP contribution in [0, 0.1) is 0 Å². The minimum atomic E-state index is -5.15. The van der Waals surface area contributed by atoms with Gasteiger partial charge < -0.3 is 12.9 Å². The summed E-state index contributed by atoms with van der Waals surface area (Å²) in [5, 5.41) is 3.78. The first-order valence-corrected chi connectivity index (χ1v) is 4.81. The topological polar surface area (TPSA) is 39.3 Å². The molecule has 17 heavy (non-hydrogen) atoms. The number of aromatic nitrogens is 3. The fourth-order valence-corrected chi connectivity index (χ4v) is 1.37. The third kappa shape index (κ3) is 2.10. The molecule has 2 aromatic heterocycles. The summed E-state index contributed by atoms with van der Waals surface area (Å²) in [4.78, 5) is 11.7. The molecule has 0 spiro atoms. The zero-order chi connectivity index (χ0) is 12.6. The van der Waals surface area contributed by atoms with E-state index in [1.165, 1.54) is 10.6 Å². The van der Waals surface area contributed by atoms with Crippen LogP contribution in [0.25, 0.3) is 5.65 Å². The van der Waals surface area contributed by atoms with Crippen LogP contribution in [0.5, 0.6) is 0 Å². The van der Waals surface area contributed by atoms with Crippen LogP contribution in [-0.2, 0) is 6.54 Å². The van der Waals surface area contributed by atoms with Crippen molar-refractivity contribution in [2.45, 2.75) is 6.54 Å². The third-order valence-electron chi connectivity index (χ3n) is 2.30. The second-order valence-corrected chi connectivity index (χ2v) is 3.60. The van der Waals surface area contributed by atoms with Gasteiger partial charge in [0.15, 0.2) is 5.65 Å². The van der Waals surface area contributed by atoms with Crippen LogP contribution in [0.3, 0.4) is 0 Å². The highest BCUT2D eigenvalue weighted by Crippen LogP contribution is 2.18. The Kier molecular flexibility index (Phi) is 2.57. The van der Waals surface area contributed by atoms with Crippen molar-refractivity contribution in [2.24, 2.45) is 0 Å². The van der Waals surface area contributed by atoms with Crippen molar-refractivity contribution in [2.75, 3.05) is 0 Å². The summed E-state index contributed by atoms with van der Waals surface area (Å²) in [6.07, 6.45) is 1.45. The van der Waals surface area contributed by atoms with Crippen LogP contribution in [-0.4, -0.2) is 21.2 Å². The van der Waals surface area contributed by atoms with Gasteiger partial charge in [0, 0.05) is 12.7 Å². The van der Waals surface area contributed by atoms with Crippen molar-refractivity contribution in [3.63, 3.8) is 0 Å². The third-order valence-corrected chi connectivity index (χ3v) is 2.30. The Morgan fingerprint density at radius 1 is 1.41 bits per heavy atom. The maximum absolute atomic E-state index is 12.3. The highest BCUT2D eigenvalue weighted by Gasteiger charge is 2.27. The normalized spacial score (nSPS) is 11.9. The van der Waals surface area contributed by atoms with Gasteiger partial charge in [-0.05, 0) is 12.1 Å². The Balaban J connectivity index is 2.41. The fourth-order valence-electron chi connectivity index (χ4n) is 1.37. The summed E-state index contributed by atoms with van der Waals surface area (Å²) in [6.45, 7) is -2.86. The summed E-state index contributed by atoms with van der Waals surface area (Å²) in [5.41, 5.74) is -1.25. The largest absolute Gasteiger partial charge is 0.506 e. The SMILES string of the molecule is C=C(Cn1nc2ccccn2c1=O)[B-](F)(F)F. The van der Waals surface area contributed by atoms with Gasteiger partial charge in [-0.3, -0.25) is 4.40 Å². The van der Waals surface area contributed by atoms with Crippen LogP contribution in [0.4, 0.5) is 12.9 Å². The van der Waals surface area contributed by atoms with Crippen LogP contribution in [0.15, 0.2) is 41.2 Å². The molecule has 0 aromatic carbocycles. The van der Waals surface area contributed by atoms with Crippen LogP contribution in [0.1, 0.15) is 0 Å². The van der Waals surface area contributed by atoms with Crippen molar-refractivity contribution in [1.82, 2.24) is 14.2 Å². The number of fused-ring (bicyclic) bond motifs is 1. The smallest absolute Gasteiger partial charge is 0.445 e. The summed E-state index contributed by atoms with van der Waals surface area (Å²) < 4.78 is 38.9. The Hall–Kier alpha value is -1.99. The van der Waals surface area contributed by atoms with Gasteiger partial charge in [0.1, 0.15) is 0 Å². The van der Waals surface area contributed by atoms with Gasteiger partial charge in [0.25, 0.3) is 0 Å². The van der Waals surface area contributed by atoms with E-state index in [0.29, 0.717) is 5.65 Å². The van der Waals surface area contributed by atoms with E-state index in [0.717, 1.165) is 4.68 Å². The fraction of sp³-hybridized carbons (Fsp3) is 0.111. The van der Waals surface area contributed by atoms with E-state index in [-0.39, 0.29) is 0 Å².